The van der Waals surface area contributed by atoms with Crippen LogP contribution in [0.3, 0.4) is 0 Å². The smallest absolute Gasteiger partial charge is 0.319 e. The van der Waals surface area contributed by atoms with Gasteiger partial charge in [-0.1, -0.05) is 22.7 Å². The van der Waals surface area contributed by atoms with Crippen molar-refractivity contribution in [2.45, 2.75) is 41.5 Å². The molecule has 0 saturated heterocycles. The molecule has 0 spiro atoms. The molecule has 0 atom stereocenters. The summed E-state index contributed by atoms with van der Waals surface area (Å²) in [4.78, 5) is 61.4. The number of nitrogens with zero attached hydrogens (tertiary/aromatic N) is 18. The minimum atomic E-state index is -0.583. The number of aliphatic hydroxyl groups excluding tert-OH is 2. The number of benzene rings is 2. The number of aryl methyl sites for hydroxylation is 2. The van der Waals surface area contributed by atoms with Crippen molar-refractivity contribution in [1.29, 1.82) is 0 Å². The normalized spacial score (nSPS) is 14.1. The minimum Gasteiger partial charge on any atom is -0.506 e. The molecule has 0 unspecified atom stereocenters. The number of hydrogen-bond acceptors (Lipinski definition) is 28. The summed E-state index contributed by atoms with van der Waals surface area (Å²) in [7, 11) is 0. The number of hydrogen-bond donors (Lipinski definition) is 4. The van der Waals surface area contributed by atoms with Gasteiger partial charge in [0.25, 0.3) is 0 Å². The van der Waals surface area contributed by atoms with Crippen LogP contribution in [0.1, 0.15) is 39.3 Å². The fourth-order valence-electron chi connectivity index (χ4n) is 5.75. The van der Waals surface area contributed by atoms with Crippen LogP contribution in [-0.4, -0.2) is 98.2 Å². The number of anilines is 2. The number of phenols is 2. The molecular weight excluding hydrogens is 1190 g/mol. The van der Waals surface area contributed by atoms with Gasteiger partial charge in [0.05, 0.1) is 9.85 Å². The van der Waals surface area contributed by atoms with E-state index < -0.39 is 9.85 Å². The molecule has 8 rings (SSSR count). The van der Waals surface area contributed by atoms with Crippen LogP contribution in [0.15, 0.2) is 138 Å². The topological polar surface area (TPSA) is 386 Å². The number of aromatic hydroxyl groups is 2. The van der Waals surface area contributed by atoms with Gasteiger partial charge in [-0.2, -0.15) is 8.75 Å². The summed E-state index contributed by atoms with van der Waals surface area (Å²) in [6, 6.07) is 10.7. The van der Waals surface area contributed by atoms with E-state index in [1.54, 1.807) is 38.1 Å². The molecule has 2 aliphatic rings. The number of phenolic OH excluding ortho intramolecular Hbond substituents is 2. The summed E-state index contributed by atoms with van der Waals surface area (Å²) in [6.45, 7) is 15.5. The standard InChI is InChI=1S/2C13H17N5OS.2C9H6N4O4S.2Co/c2*1-4-18(5-2)10-6-7-11(12(19)8-10)15-16-13-14-9(3)17-20-13;2*14-5-1-2-6(7(15)3-5)11-12-9-10-4-8(18-9)13(16)17;;/h2*6-8,19H,4-5H2,1-3H3;2*1-4H,(H2,10,12,14,15);;/p-2. The zero-order valence-electron chi connectivity index (χ0n) is 41.5. The van der Waals surface area contributed by atoms with Crippen molar-refractivity contribution in [2.75, 3.05) is 36.0 Å². The molecule has 0 bridgehead atoms. The molecule has 0 fully saturated rings. The molecule has 34 heteroatoms. The summed E-state index contributed by atoms with van der Waals surface area (Å²) in [5.74, 6) is 0.246. The predicted molar refractivity (Wildman–Crippen MR) is 285 cm³/mol. The molecule has 4 heterocycles. The molecule has 0 aliphatic heterocycles. The third-order valence-electron chi connectivity index (χ3n) is 9.40. The summed E-state index contributed by atoms with van der Waals surface area (Å²) in [5, 5.41) is 90.8. The van der Waals surface area contributed by atoms with Gasteiger partial charge < -0.3 is 50.4 Å². The van der Waals surface area contributed by atoms with Crippen LogP contribution < -0.4 is 29.4 Å². The Morgan fingerprint density at radius 1 is 0.577 bits per heavy atom. The predicted octanol–water partition coefficient (Wildman–Crippen LogP) is 8.52. The molecule has 4 N–H and O–H groups in total. The van der Waals surface area contributed by atoms with Crippen molar-refractivity contribution in [2.24, 2.45) is 40.9 Å². The Hall–Kier alpha value is -8.13. The average molecular weight is 1230 g/mol. The summed E-state index contributed by atoms with van der Waals surface area (Å²) >= 11 is 3.87. The van der Waals surface area contributed by atoms with Gasteiger partial charge in [0, 0.05) is 140 Å². The maximum atomic E-state index is 10.9. The Bertz CT molecular complexity index is 3230. The molecule has 2 aliphatic carbocycles. The summed E-state index contributed by atoms with van der Waals surface area (Å²) < 4.78 is 8.04. The molecule has 28 nitrogen and oxygen atoms in total. The van der Waals surface area contributed by atoms with Crippen LogP contribution in [-0.2, 0) is 43.1 Å². The van der Waals surface area contributed by atoms with Gasteiger partial charge >= 0.3 is 10.0 Å². The van der Waals surface area contributed by atoms with Crippen molar-refractivity contribution in [1.82, 2.24) is 28.7 Å². The number of nitro groups is 2. The number of aromatic nitrogens is 6. The van der Waals surface area contributed by atoms with Crippen LogP contribution in [0.2, 0.25) is 0 Å². The van der Waals surface area contributed by atoms with E-state index in [4.69, 9.17) is 0 Å². The number of rotatable bonds is 14. The van der Waals surface area contributed by atoms with Gasteiger partial charge in [-0.05, 0) is 90.1 Å². The number of carbonyl (C=O) groups excluding carboxylic acids is 2. The zero-order chi connectivity index (χ0) is 55.3. The molecule has 4 aromatic heterocycles. The molecule has 6 aromatic rings. The zero-order valence-corrected chi connectivity index (χ0v) is 46.8. The fourth-order valence-corrected chi connectivity index (χ4v) is 7.87. The molecule has 2 radical (unpaired) electrons. The maximum Gasteiger partial charge on any atom is 0.319 e. The first kappa shape index (κ1) is 64.2. The monoisotopic (exact) mass is 1230 g/mol. The third-order valence-corrected chi connectivity index (χ3v) is 12.4. The quantitative estimate of drug-likeness (QED) is 0.0343. The van der Waals surface area contributed by atoms with E-state index >= 15 is 0 Å². The Morgan fingerprint density at radius 3 is 1.23 bits per heavy atom. The van der Waals surface area contributed by atoms with Crippen molar-refractivity contribution >= 4 is 112 Å². The number of thiazole rings is 2. The maximum absolute atomic E-state index is 10.9. The molecular formula is C44H44Co2N18O10S4-2. The second kappa shape index (κ2) is 31.8. The number of azo groups is 2. The van der Waals surface area contributed by atoms with Gasteiger partial charge in [0.2, 0.25) is 10.3 Å². The van der Waals surface area contributed by atoms with Gasteiger partial charge in [0.15, 0.2) is 11.6 Å². The van der Waals surface area contributed by atoms with Crippen LogP contribution >= 0.6 is 45.7 Å². The van der Waals surface area contributed by atoms with Crippen LogP contribution in [0.4, 0.5) is 43.0 Å². The number of ketones is 2. The van der Waals surface area contributed by atoms with Crippen molar-refractivity contribution in [3.8, 4) is 11.5 Å². The molecule has 0 saturated carbocycles. The first-order valence-electron chi connectivity index (χ1n) is 22.0. The van der Waals surface area contributed by atoms with E-state index in [1.807, 2.05) is 12.1 Å². The molecule has 78 heavy (non-hydrogen) atoms. The summed E-state index contributed by atoms with van der Waals surface area (Å²) in [6.07, 6.45) is 9.17. The van der Waals surface area contributed by atoms with E-state index in [2.05, 4.69) is 107 Å². The number of carbonyl (C=O) groups is 2. The van der Waals surface area contributed by atoms with Crippen molar-refractivity contribution in [3.63, 3.8) is 0 Å². The second-order valence-corrected chi connectivity index (χ2v) is 18.0. The van der Waals surface area contributed by atoms with E-state index in [-0.39, 0.29) is 99.2 Å². The fraction of sp³-hybridized carbons (Fsp3) is 0.227. The first-order chi connectivity index (χ1) is 36.4. The first-order valence-corrected chi connectivity index (χ1v) is 25.2. The van der Waals surface area contributed by atoms with Gasteiger partial charge in [-0.15, -0.1) is 20.5 Å². The van der Waals surface area contributed by atoms with E-state index in [0.29, 0.717) is 33.3 Å². The van der Waals surface area contributed by atoms with E-state index in [9.17, 15) is 50.2 Å². The minimum absolute atomic E-state index is 0. The number of allylic oxidation sites excluding steroid dienone is 6. The Labute approximate surface area is 479 Å². The molecule has 2 aromatic carbocycles. The van der Waals surface area contributed by atoms with Crippen LogP contribution in [0.25, 0.3) is 0 Å². The summed E-state index contributed by atoms with van der Waals surface area (Å²) in [5.41, 5.74) is 2.97. The molecule has 0 amide bonds. The van der Waals surface area contributed by atoms with Crippen LogP contribution in [0, 0.1) is 34.1 Å². The SMILES string of the molecule is CCN(CC)c1ccc(N=Nc2nc(C)ns2)c(O)c1.CCN(CC)c1ccc(N=Nc2nc(C)ns2)c(O)c1.O=C1C=CC(=NN=c2[n-]cc([N+](=O)[O-])s2)C(O)=C1.O=C1C=CC(=NN=c2[n-]cc([N+](=O)[O-])s2)C(O)=C1.[Co].[Co]. The van der Waals surface area contributed by atoms with Gasteiger partial charge in [-0.25, -0.2) is 9.97 Å². The van der Waals surface area contributed by atoms with Crippen molar-refractivity contribution < 1.29 is 73.4 Å². The average Bonchev–Trinajstić information content (AvgIpc) is 4.24. The van der Waals surface area contributed by atoms with E-state index in [0.717, 1.165) is 84.8 Å². The van der Waals surface area contributed by atoms with E-state index in [1.165, 1.54) is 47.4 Å². The largest absolute Gasteiger partial charge is 0.506 e. The third kappa shape index (κ3) is 19.8. The van der Waals surface area contributed by atoms with Gasteiger partial charge in [-0.3, -0.25) is 40.0 Å². The number of aliphatic hydroxyl groups is 2. The second-order valence-electron chi connectivity index (χ2n) is 14.5. The Balaban J connectivity index is 0.000000271. The Kier molecular flexibility index (Phi) is 26.2. The van der Waals surface area contributed by atoms with Gasteiger partial charge in [0.1, 0.15) is 57.5 Å². The molecule has 414 valence electrons. The van der Waals surface area contributed by atoms with Crippen LogP contribution in [0.5, 0.6) is 11.5 Å². The Morgan fingerprint density at radius 2 is 0.949 bits per heavy atom. The van der Waals surface area contributed by atoms with Crippen molar-refractivity contribution in [3.05, 3.63) is 138 Å².